The lowest BCUT2D eigenvalue weighted by Gasteiger charge is -2.26. The van der Waals surface area contributed by atoms with Gasteiger partial charge in [-0.3, -0.25) is 29.0 Å². The molecule has 17 nitrogen and oxygen atoms in total. The maximum Gasteiger partial charge on any atom is 0.326 e. The average molecular weight is 519 g/mol. The van der Waals surface area contributed by atoms with E-state index >= 15 is 0 Å². The molecule has 0 saturated heterocycles. The fraction of sp³-hybridized carbons (Fsp3) is 0.632. The molecule has 17 heteroatoms. The Hall–Kier alpha value is -3.99. The summed E-state index contributed by atoms with van der Waals surface area (Å²) in [5, 5.41) is 34.7. The number of aliphatic hydroxyl groups excluding tert-OH is 1. The number of aliphatic imine (C=N–C) groups is 1. The van der Waals surface area contributed by atoms with Crippen LogP contribution in [0.15, 0.2) is 4.99 Å². The van der Waals surface area contributed by atoms with Crippen LogP contribution >= 0.6 is 0 Å². The zero-order chi connectivity index (χ0) is 28.0. The molecule has 0 rings (SSSR count). The zero-order valence-electron chi connectivity index (χ0n) is 19.7. The van der Waals surface area contributed by atoms with Crippen LogP contribution < -0.4 is 38.9 Å². The van der Waals surface area contributed by atoms with Crippen molar-refractivity contribution in [2.24, 2.45) is 27.9 Å². The van der Waals surface area contributed by atoms with E-state index in [1.54, 1.807) is 0 Å². The van der Waals surface area contributed by atoms with Crippen molar-refractivity contribution < 1.29 is 44.1 Å². The molecule has 0 aliphatic rings. The summed E-state index contributed by atoms with van der Waals surface area (Å²) in [5.74, 6) is -6.86. The van der Waals surface area contributed by atoms with Crippen molar-refractivity contribution >= 4 is 41.5 Å². The number of nitrogens with one attached hydrogen (secondary N) is 3. The second kappa shape index (κ2) is 15.8. The van der Waals surface area contributed by atoms with Gasteiger partial charge in [0.15, 0.2) is 5.96 Å². The maximum atomic E-state index is 12.8. The highest BCUT2D eigenvalue weighted by Crippen LogP contribution is 2.05. The second-order valence-electron chi connectivity index (χ2n) is 7.85. The van der Waals surface area contributed by atoms with Gasteiger partial charge in [-0.25, -0.2) is 4.79 Å². The molecule has 14 N–H and O–H groups in total. The largest absolute Gasteiger partial charge is 0.481 e. The Morgan fingerprint density at radius 2 is 1.44 bits per heavy atom. The van der Waals surface area contributed by atoms with Crippen LogP contribution in [0.4, 0.5) is 0 Å². The number of aliphatic hydroxyl groups is 1. The fourth-order valence-corrected chi connectivity index (χ4v) is 2.80. The molecule has 0 fully saturated rings. The van der Waals surface area contributed by atoms with Gasteiger partial charge in [-0.05, 0) is 26.2 Å². The third-order valence-corrected chi connectivity index (χ3v) is 4.67. The molecular formula is C19H34N8O9. The Labute approximate surface area is 206 Å². The van der Waals surface area contributed by atoms with E-state index in [2.05, 4.69) is 20.9 Å². The number of aliphatic carboxylic acids is 2. The highest BCUT2D eigenvalue weighted by molar-refractivity contribution is 5.95. The van der Waals surface area contributed by atoms with Crippen LogP contribution in [0.1, 0.15) is 39.0 Å². The summed E-state index contributed by atoms with van der Waals surface area (Å²) in [6.45, 7) is 1.25. The van der Waals surface area contributed by atoms with E-state index in [9.17, 15) is 39.0 Å². The summed E-state index contributed by atoms with van der Waals surface area (Å²) < 4.78 is 0. The number of carboxylic acids is 2. The number of amides is 4. The predicted molar refractivity (Wildman–Crippen MR) is 124 cm³/mol. The summed E-state index contributed by atoms with van der Waals surface area (Å²) in [5.41, 5.74) is 20.9. The number of hydrogen-bond acceptors (Lipinski definition) is 9. The fourth-order valence-electron chi connectivity index (χ4n) is 2.80. The second-order valence-corrected chi connectivity index (χ2v) is 7.85. The highest BCUT2D eigenvalue weighted by atomic mass is 16.4. The SMILES string of the molecule is CC(O)C(NC(=O)C(CCC(N)=O)NC(=O)C(N)CC(=O)O)C(=O)NC(CCCN=C(N)N)C(=O)O. The van der Waals surface area contributed by atoms with Crippen LogP contribution in [0.3, 0.4) is 0 Å². The number of nitrogens with zero attached hydrogens (tertiary/aromatic N) is 1. The molecule has 36 heavy (non-hydrogen) atoms. The minimum absolute atomic E-state index is 0.0723. The number of nitrogens with two attached hydrogens (primary N) is 4. The van der Waals surface area contributed by atoms with Gasteiger partial charge < -0.3 is 54.2 Å². The molecule has 0 radical (unpaired) electrons. The summed E-state index contributed by atoms with van der Waals surface area (Å²) in [7, 11) is 0. The lowest BCUT2D eigenvalue weighted by molar-refractivity contribution is -0.143. The summed E-state index contributed by atoms with van der Waals surface area (Å²) in [6, 6.07) is -6.05. The van der Waals surface area contributed by atoms with Crippen LogP contribution in [0.2, 0.25) is 0 Å². The van der Waals surface area contributed by atoms with Crippen LogP contribution in [-0.2, 0) is 28.8 Å². The number of carbonyl (C=O) groups is 6. The molecule has 0 saturated carbocycles. The first-order valence-corrected chi connectivity index (χ1v) is 10.8. The Morgan fingerprint density at radius 3 is 1.92 bits per heavy atom. The Balaban J connectivity index is 5.45. The van der Waals surface area contributed by atoms with Gasteiger partial charge >= 0.3 is 11.9 Å². The summed E-state index contributed by atoms with van der Waals surface area (Å²) in [4.78, 5) is 74.7. The van der Waals surface area contributed by atoms with Crippen molar-refractivity contribution in [3.63, 3.8) is 0 Å². The zero-order valence-corrected chi connectivity index (χ0v) is 19.7. The summed E-state index contributed by atoms with van der Waals surface area (Å²) in [6.07, 6.45) is -2.82. The van der Waals surface area contributed by atoms with Gasteiger partial charge in [0.25, 0.3) is 0 Å². The van der Waals surface area contributed by atoms with Crippen molar-refractivity contribution in [2.75, 3.05) is 6.54 Å². The van der Waals surface area contributed by atoms with Crippen molar-refractivity contribution in [3.8, 4) is 0 Å². The maximum absolute atomic E-state index is 12.8. The lowest BCUT2D eigenvalue weighted by Crippen LogP contribution is -2.60. The van der Waals surface area contributed by atoms with E-state index in [0.29, 0.717) is 0 Å². The van der Waals surface area contributed by atoms with Gasteiger partial charge in [0.1, 0.15) is 18.1 Å². The predicted octanol–water partition coefficient (Wildman–Crippen LogP) is -4.97. The van der Waals surface area contributed by atoms with Crippen LogP contribution in [0.5, 0.6) is 0 Å². The van der Waals surface area contributed by atoms with Gasteiger partial charge in [-0.1, -0.05) is 0 Å². The Morgan fingerprint density at radius 1 is 0.861 bits per heavy atom. The molecule has 4 amide bonds. The molecular weight excluding hydrogens is 484 g/mol. The topological polar surface area (TPSA) is 316 Å². The molecule has 5 unspecified atom stereocenters. The van der Waals surface area contributed by atoms with Crippen LogP contribution in [0.25, 0.3) is 0 Å². The molecule has 0 heterocycles. The molecule has 0 aliphatic carbocycles. The first kappa shape index (κ1) is 32.0. The Bertz CT molecular complexity index is 845. The monoisotopic (exact) mass is 518 g/mol. The highest BCUT2D eigenvalue weighted by Gasteiger charge is 2.33. The average Bonchev–Trinajstić information content (AvgIpc) is 2.75. The number of carbonyl (C=O) groups excluding carboxylic acids is 4. The van der Waals surface area contributed by atoms with Crippen molar-refractivity contribution in [1.29, 1.82) is 0 Å². The van der Waals surface area contributed by atoms with E-state index in [1.165, 1.54) is 0 Å². The lowest BCUT2D eigenvalue weighted by atomic mass is 10.1. The van der Waals surface area contributed by atoms with E-state index < -0.39 is 72.3 Å². The number of rotatable bonds is 17. The van der Waals surface area contributed by atoms with Gasteiger partial charge in [0.05, 0.1) is 18.6 Å². The molecule has 5 atom stereocenters. The smallest absolute Gasteiger partial charge is 0.326 e. The minimum atomic E-state index is -1.65. The van der Waals surface area contributed by atoms with Gasteiger partial charge in [-0.15, -0.1) is 0 Å². The Kier molecular flexibility index (Phi) is 14.1. The third kappa shape index (κ3) is 13.0. The number of primary amides is 1. The minimum Gasteiger partial charge on any atom is -0.481 e. The number of carboxylic acid groups (broad SMARTS) is 2. The molecule has 0 aromatic heterocycles. The molecule has 0 aromatic carbocycles. The van der Waals surface area contributed by atoms with E-state index in [4.69, 9.17) is 28.0 Å². The van der Waals surface area contributed by atoms with Gasteiger partial charge in [0.2, 0.25) is 23.6 Å². The van der Waals surface area contributed by atoms with E-state index in [-0.39, 0.29) is 38.2 Å². The summed E-state index contributed by atoms with van der Waals surface area (Å²) >= 11 is 0. The first-order chi connectivity index (χ1) is 16.6. The van der Waals surface area contributed by atoms with Gasteiger partial charge in [0, 0.05) is 13.0 Å². The molecule has 0 bridgehead atoms. The van der Waals surface area contributed by atoms with Crippen molar-refractivity contribution in [2.45, 2.75) is 69.3 Å². The first-order valence-electron chi connectivity index (χ1n) is 10.8. The van der Waals surface area contributed by atoms with Crippen molar-refractivity contribution in [1.82, 2.24) is 16.0 Å². The van der Waals surface area contributed by atoms with Crippen molar-refractivity contribution in [3.05, 3.63) is 0 Å². The molecule has 0 aromatic rings. The normalized spacial score (nSPS) is 14.8. The van der Waals surface area contributed by atoms with E-state index in [1.807, 2.05) is 0 Å². The van der Waals surface area contributed by atoms with Crippen LogP contribution in [-0.4, -0.2) is 93.7 Å². The van der Waals surface area contributed by atoms with E-state index in [0.717, 1.165) is 6.92 Å². The standard InChI is InChI=1S/C19H34N8O9/c1-8(28)14(17(34)26-11(18(35)36)3-2-6-24-19(22)23)27-16(33)10(4-5-12(21)29)25-15(32)9(20)7-13(30)31/h8-11,14,28H,2-7,20H2,1H3,(H2,21,29)(H,25,32)(H,26,34)(H,27,33)(H,30,31)(H,35,36)(H4,22,23,24). The molecule has 204 valence electrons. The van der Waals surface area contributed by atoms with Crippen LogP contribution in [0, 0.1) is 0 Å². The number of guanidine groups is 1. The molecule has 0 aliphatic heterocycles. The van der Waals surface area contributed by atoms with Gasteiger partial charge in [-0.2, -0.15) is 0 Å². The third-order valence-electron chi connectivity index (χ3n) is 4.67. The quantitative estimate of drug-likeness (QED) is 0.0491. The molecule has 0 spiro atoms. The number of hydrogen-bond donors (Lipinski definition) is 10.